The lowest BCUT2D eigenvalue weighted by atomic mass is 10.1. The summed E-state index contributed by atoms with van der Waals surface area (Å²) in [5.41, 5.74) is 3.79. The summed E-state index contributed by atoms with van der Waals surface area (Å²) in [6.45, 7) is 2.51. The molecule has 2 aromatic carbocycles. The van der Waals surface area contributed by atoms with E-state index in [1.165, 1.54) is 26.4 Å². The highest BCUT2D eigenvalue weighted by molar-refractivity contribution is 5.98. The van der Waals surface area contributed by atoms with Crippen molar-refractivity contribution in [1.82, 2.24) is 4.57 Å². The van der Waals surface area contributed by atoms with Gasteiger partial charge in [-0.05, 0) is 61.9 Å². The van der Waals surface area contributed by atoms with E-state index in [0.29, 0.717) is 46.9 Å². The first kappa shape index (κ1) is 20.7. The highest BCUT2D eigenvalue weighted by Gasteiger charge is 2.24. The van der Waals surface area contributed by atoms with E-state index >= 15 is 0 Å². The Balaban J connectivity index is 1.93. The number of benzene rings is 2. The van der Waals surface area contributed by atoms with Gasteiger partial charge in [-0.3, -0.25) is 4.79 Å². The molecule has 0 aliphatic carbocycles. The molecule has 2 heterocycles. The van der Waals surface area contributed by atoms with Crippen molar-refractivity contribution in [2.24, 2.45) is 0 Å². The smallest absolute Gasteiger partial charge is 0.337 e. The van der Waals surface area contributed by atoms with Crippen molar-refractivity contribution in [1.29, 1.82) is 0 Å². The first-order chi connectivity index (χ1) is 14.9. The van der Waals surface area contributed by atoms with E-state index in [1.54, 1.807) is 23.1 Å². The third-order valence-corrected chi connectivity index (χ3v) is 5.48. The highest BCUT2D eigenvalue weighted by atomic mass is 19.1. The van der Waals surface area contributed by atoms with Gasteiger partial charge in [0.15, 0.2) is 0 Å². The number of nitrogens with zero attached hydrogens (tertiary/aromatic N) is 2. The maximum Gasteiger partial charge on any atom is 0.337 e. The van der Waals surface area contributed by atoms with Crippen LogP contribution in [-0.4, -0.2) is 37.2 Å². The van der Waals surface area contributed by atoms with Gasteiger partial charge in [0.05, 0.1) is 25.5 Å². The van der Waals surface area contributed by atoms with E-state index in [4.69, 9.17) is 9.47 Å². The molecule has 0 radical (unpaired) electrons. The van der Waals surface area contributed by atoms with Crippen LogP contribution in [0.2, 0.25) is 0 Å². The van der Waals surface area contributed by atoms with Crippen molar-refractivity contribution >= 4 is 17.6 Å². The number of halogens is 1. The maximum atomic E-state index is 14.1. The summed E-state index contributed by atoms with van der Waals surface area (Å²) in [7, 11) is 2.85. The number of hydrogen-bond donors (Lipinski definition) is 0. The molecule has 0 unspecified atom stereocenters. The van der Waals surface area contributed by atoms with Crippen molar-refractivity contribution in [3.63, 3.8) is 0 Å². The van der Waals surface area contributed by atoms with Gasteiger partial charge in [-0.2, -0.15) is 0 Å². The van der Waals surface area contributed by atoms with E-state index < -0.39 is 5.97 Å². The van der Waals surface area contributed by atoms with Crippen LogP contribution in [0, 0.1) is 12.7 Å². The Morgan fingerprint density at radius 1 is 1.03 bits per heavy atom. The number of aromatic nitrogens is 1. The third kappa shape index (κ3) is 3.79. The molecule has 160 valence electrons. The Hall–Kier alpha value is -3.61. The Morgan fingerprint density at radius 2 is 1.81 bits per heavy atom. The van der Waals surface area contributed by atoms with Crippen LogP contribution in [0.5, 0.6) is 5.75 Å². The summed E-state index contributed by atoms with van der Waals surface area (Å²) < 4.78 is 26.4. The van der Waals surface area contributed by atoms with Gasteiger partial charge in [-0.1, -0.05) is 0 Å². The predicted octanol–water partition coefficient (Wildman–Crippen LogP) is 4.51. The van der Waals surface area contributed by atoms with E-state index in [2.05, 4.69) is 0 Å². The van der Waals surface area contributed by atoms with Crippen LogP contribution in [-0.2, 0) is 9.53 Å². The highest BCUT2D eigenvalue weighted by Crippen LogP contribution is 2.35. The molecule has 0 N–H and O–H groups in total. The quantitative estimate of drug-likeness (QED) is 0.568. The van der Waals surface area contributed by atoms with Crippen LogP contribution in [0.4, 0.5) is 10.1 Å². The van der Waals surface area contributed by atoms with Crippen LogP contribution in [0.3, 0.4) is 0 Å². The minimum absolute atomic E-state index is 0.0178. The first-order valence-corrected chi connectivity index (χ1v) is 9.99. The van der Waals surface area contributed by atoms with Gasteiger partial charge in [0.2, 0.25) is 5.91 Å². The molecule has 1 aliphatic rings. The summed E-state index contributed by atoms with van der Waals surface area (Å²) in [4.78, 5) is 26.4. The van der Waals surface area contributed by atoms with Gasteiger partial charge >= 0.3 is 5.97 Å². The molecule has 1 aromatic heterocycles. The summed E-state index contributed by atoms with van der Waals surface area (Å²) in [6.07, 6.45) is 1.25. The molecule has 3 aromatic rings. The third-order valence-electron chi connectivity index (χ3n) is 5.48. The van der Waals surface area contributed by atoms with Gasteiger partial charge < -0.3 is 18.9 Å². The molecule has 31 heavy (non-hydrogen) atoms. The average Bonchev–Trinajstić information content (AvgIpc) is 3.38. The lowest BCUT2D eigenvalue weighted by Gasteiger charge is -2.20. The molecular formula is C24H23FN2O4. The Bertz CT molecular complexity index is 1170. The number of carbonyl (C=O) groups is 2. The fourth-order valence-corrected chi connectivity index (χ4v) is 4.01. The van der Waals surface area contributed by atoms with Crippen LogP contribution < -0.4 is 9.64 Å². The number of amides is 1. The monoisotopic (exact) mass is 422 g/mol. The SMILES string of the molecule is COC(=O)c1cc(N2CCCC2=O)cc(-n2c(C)ccc2-c2cc(F)ccc2OC)c1. The normalized spacial score (nSPS) is 13.5. The van der Waals surface area contributed by atoms with E-state index in [0.717, 1.165) is 12.1 Å². The Morgan fingerprint density at radius 3 is 2.48 bits per heavy atom. The predicted molar refractivity (Wildman–Crippen MR) is 115 cm³/mol. The summed E-state index contributed by atoms with van der Waals surface area (Å²) in [5, 5.41) is 0. The molecule has 0 atom stereocenters. The molecule has 1 aliphatic heterocycles. The standard InChI is InChI=1S/C24H23FN2O4/c1-15-6-8-21(20-13-17(25)7-9-22(20)30-2)27(15)19-12-16(24(29)31-3)11-18(14-19)26-10-4-5-23(26)28/h6-9,11-14H,4-5,10H2,1-3H3. The van der Waals surface area contributed by atoms with E-state index in [1.807, 2.05) is 29.7 Å². The second-order valence-corrected chi connectivity index (χ2v) is 7.42. The molecule has 0 bridgehead atoms. The summed E-state index contributed by atoms with van der Waals surface area (Å²) in [5.74, 6) is -0.332. The lowest BCUT2D eigenvalue weighted by Crippen LogP contribution is -2.24. The maximum absolute atomic E-state index is 14.1. The zero-order valence-corrected chi connectivity index (χ0v) is 17.6. The zero-order chi connectivity index (χ0) is 22.1. The number of methoxy groups -OCH3 is 2. The molecule has 0 saturated carbocycles. The number of carbonyl (C=O) groups excluding carboxylic acids is 2. The molecule has 4 rings (SSSR count). The van der Waals surface area contributed by atoms with Gasteiger partial charge in [0, 0.05) is 35.6 Å². The van der Waals surface area contributed by atoms with Crippen molar-refractivity contribution in [3.8, 4) is 22.7 Å². The zero-order valence-electron chi connectivity index (χ0n) is 17.6. The van der Waals surface area contributed by atoms with Crippen molar-refractivity contribution in [3.05, 3.63) is 65.6 Å². The van der Waals surface area contributed by atoms with E-state index in [-0.39, 0.29) is 11.7 Å². The van der Waals surface area contributed by atoms with Crippen molar-refractivity contribution in [2.45, 2.75) is 19.8 Å². The van der Waals surface area contributed by atoms with Crippen LogP contribution in [0.25, 0.3) is 16.9 Å². The second-order valence-electron chi connectivity index (χ2n) is 7.42. The molecule has 1 amide bonds. The summed E-state index contributed by atoms with van der Waals surface area (Å²) in [6, 6.07) is 13.4. The second kappa shape index (κ2) is 8.26. The van der Waals surface area contributed by atoms with Gasteiger partial charge in [0.1, 0.15) is 11.6 Å². The molecule has 7 heteroatoms. The first-order valence-electron chi connectivity index (χ1n) is 9.99. The molecule has 0 spiro atoms. The molecule has 1 saturated heterocycles. The Kier molecular flexibility index (Phi) is 5.50. The summed E-state index contributed by atoms with van der Waals surface area (Å²) >= 11 is 0. The van der Waals surface area contributed by atoms with Gasteiger partial charge in [-0.25, -0.2) is 9.18 Å². The van der Waals surface area contributed by atoms with Crippen molar-refractivity contribution in [2.75, 3.05) is 25.7 Å². The fraction of sp³-hybridized carbons (Fsp3) is 0.250. The number of ether oxygens (including phenoxy) is 2. The molecule has 1 fully saturated rings. The number of aryl methyl sites for hydroxylation is 1. The van der Waals surface area contributed by atoms with Crippen molar-refractivity contribution < 1.29 is 23.5 Å². The number of hydrogen-bond acceptors (Lipinski definition) is 4. The van der Waals surface area contributed by atoms with Crippen LogP contribution >= 0.6 is 0 Å². The average molecular weight is 422 g/mol. The van der Waals surface area contributed by atoms with E-state index in [9.17, 15) is 14.0 Å². The lowest BCUT2D eigenvalue weighted by molar-refractivity contribution is -0.117. The van der Waals surface area contributed by atoms with Gasteiger partial charge in [-0.15, -0.1) is 0 Å². The van der Waals surface area contributed by atoms with Crippen LogP contribution in [0.1, 0.15) is 28.9 Å². The molecule has 6 nitrogen and oxygen atoms in total. The number of esters is 1. The minimum Gasteiger partial charge on any atom is -0.496 e. The fourth-order valence-electron chi connectivity index (χ4n) is 4.01. The Labute approximate surface area is 179 Å². The topological polar surface area (TPSA) is 60.8 Å². The van der Waals surface area contributed by atoms with Crippen LogP contribution in [0.15, 0.2) is 48.5 Å². The van der Waals surface area contributed by atoms with Gasteiger partial charge in [0.25, 0.3) is 0 Å². The number of rotatable bonds is 5. The minimum atomic E-state index is -0.496. The molecular weight excluding hydrogens is 399 g/mol. The largest absolute Gasteiger partial charge is 0.496 e. The number of anilines is 1.